The fourth-order valence-corrected chi connectivity index (χ4v) is 0.352. The normalized spacial score (nSPS) is 7.12. The van der Waals surface area contributed by atoms with Crippen molar-refractivity contribution in [2.75, 3.05) is 6.61 Å². The van der Waals surface area contributed by atoms with Crippen LogP contribution in [-0.4, -0.2) is 11.0 Å². The highest BCUT2D eigenvalue weighted by molar-refractivity contribution is 7.99. The summed E-state index contributed by atoms with van der Waals surface area (Å²) < 4.78 is 4.96. The average molecular weight is 150 g/mol. The second kappa shape index (κ2) is 6.98. The Labute approximate surface area is 61.8 Å². The average Bonchev–Trinajstić information content (AvgIpc) is 1.61. The van der Waals surface area contributed by atoms with Gasteiger partial charge in [-0.2, -0.15) is 0 Å². The van der Waals surface area contributed by atoms with Crippen molar-refractivity contribution in [3.63, 3.8) is 0 Å². The maximum absolute atomic E-state index is 4.74. The van der Waals surface area contributed by atoms with Crippen LogP contribution < -0.4 is 0 Å². The van der Waals surface area contributed by atoms with E-state index in [1.54, 1.807) is 0 Å². The smallest absolute Gasteiger partial charge is 0.0856 e. The predicted octanol–water partition coefficient (Wildman–Crippen LogP) is 1.70. The Bertz CT molecular complexity index is 63.4. The first kappa shape index (κ1) is 10.9. The van der Waals surface area contributed by atoms with Gasteiger partial charge in [0, 0.05) is 11.8 Å². The predicted molar refractivity (Wildman–Crippen MR) is 42.6 cm³/mol. The summed E-state index contributed by atoms with van der Waals surface area (Å²) in [6.07, 6.45) is 0.969. The highest BCUT2D eigenvalue weighted by atomic mass is 32.1. The van der Waals surface area contributed by atoms with Crippen molar-refractivity contribution in [1.82, 2.24) is 0 Å². The third kappa shape index (κ3) is 9.36. The molecule has 0 aromatic heterocycles. The quantitative estimate of drug-likeness (QED) is 0.337. The van der Waals surface area contributed by atoms with Crippen molar-refractivity contribution >= 4 is 29.2 Å². The number of rotatable bonds is 2. The zero-order valence-corrected chi connectivity index (χ0v) is 6.77. The number of thiocarbonyl (C=S) groups is 1. The Kier molecular flexibility index (Phi) is 9.49. The Morgan fingerprint density at radius 1 is 1.75 bits per heavy atom. The van der Waals surface area contributed by atoms with Gasteiger partial charge in [0.15, 0.2) is 0 Å². The lowest BCUT2D eigenvalue weighted by atomic mass is 10.5. The van der Waals surface area contributed by atoms with Crippen LogP contribution in [0.25, 0.3) is 0 Å². The van der Waals surface area contributed by atoms with Gasteiger partial charge in [-0.1, -0.05) is 6.92 Å². The van der Waals surface area contributed by atoms with E-state index in [1.807, 2.05) is 6.92 Å². The van der Waals surface area contributed by atoms with E-state index in [4.69, 9.17) is 4.74 Å². The molecular weight excluding hydrogens is 140 g/mol. The van der Waals surface area contributed by atoms with Gasteiger partial charge < -0.3 is 29.6 Å². The lowest BCUT2D eigenvalue weighted by molar-refractivity contribution is 0.322. The molecule has 0 atom stereocenters. The Morgan fingerprint density at radius 2 is 2.25 bits per heavy atom. The molecule has 0 aliphatic heterocycles. The summed E-state index contributed by atoms with van der Waals surface area (Å²) in [7, 11) is 0. The van der Waals surface area contributed by atoms with Crippen LogP contribution in [-0.2, 0) is 17.4 Å². The van der Waals surface area contributed by atoms with Gasteiger partial charge in [0.05, 0.1) is 6.61 Å². The fourth-order valence-electron chi connectivity index (χ4n) is 0.185. The summed E-state index contributed by atoms with van der Waals surface area (Å²) in [5, 5.41) is 0. The van der Waals surface area contributed by atoms with Crippen molar-refractivity contribution in [2.24, 2.45) is 0 Å². The first-order chi connectivity index (χ1) is 3.27. The van der Waals surface area contributed by atoms with Crippen LogP contribution in [0.2, 0.25) is 0 Å². The van der Waals surface area contributed by atoms with Crippen LogP contribution in [0.15, 0.2) is 0 Å². The molecule has 0 aromatic carbocycles. The highest BCUT2D eigenvalue weighted by Crippen LogP contribution is 1.80. The zero-order chi connectivity index (χ0) is 5.70. The molecule has 0 aliphatic rings. The van der Waals surface area contributed by atoms with Crippen LogP contribution in [0.5, 0.6) is 0 Å². The minimum absolute atomic E-state index is 0. The van der Waals surface area contributed by atoms with E-state index in [9.17, 15) is 0 Å². The summed E-state index contributed by atoms with van der Waals surface area (Å²) in [5.41, 5.74) is 0. The minimum Gasteiger partial charge on any atom is -0.514 e. The van der Waals surface area contributed by atoms with Crippen LogP contribution in [0, 0.1) is 7.43 Å². The Hall–Kier alpha value is -0.0200. The molecular formula is C5H10OS2. The van der Waals surface area contributed by atoms with E-state index in [0.29, 0.717) is 6.61 Å². The van der Waals surface area contributed by atoms with E-state index in [0.717, 1.165) is 6.42 Å². The van der Waals surface area contributed by atoms with Crippen molar-refractivity contribution in [3.05, 3.63) is 7.43 Å². The van der Waals surface area contributed by atoms with E-state index >= 15 is 0 Å². The van der Waals surface area contributed by atoms with Crippen molar-refractivity contribution < 1.29 is 4.74 Å². The molecule has 0 spiro atoms. The van der Waals surface area contributed by atoms with Gasteiger partial charge in [-0.25, -0.2) is 0 Å². The van der Waals surface area contributed by atoms with Gasteiger partial charge >= 0.3 is 0 Å². The molecule has 0 saturated carbocycles. The van der Waals surface area contributed by atoms with Crippen LogP contribution >= 0.6 is 12.2 Å². The molecule has 0 bridgehead atoms. The summed E-state index contributed by atoms with van der Waals surface area (Å²) in [4.78, 5) is 0. The number of hydrogen-bond acceptors (Lipinski definition) is 3. The van der Waals surface area contributed by atoms with Gasteiger partial charge in [-0.05, 0) is 6.42 Å². The lowest BCUT2D eigenvalue weighted by Crippen LogP contribution is -1.96. The topological polar surface area (TPSA) is 9.23 Å². The van der Waals surface area contributed by atoms with Gasteiger partial charge in [0.1, 0.15) is 0 Å². The molecule has 0 saturated heterocycles. The summed E-state index contributed by atoms with van der Waals surface area (Å²) in [6.45, 7) is 2.66. The first-order valence-electron chi connectivity index (χ1n) is 2.11. The minimum atomic E-state index is 0. The molecule has 0 rings (SSSR count). The number of ether oxygens (including phenoxy) is 1. The van der Waals surface area contributed by atoms with E-state index in [2.05, 4.69) is 24.8 Å². The lowest BCUT2D eigenvalue weighted by Gasteiger charge is -2.05. The molecule has 1 nitrogen and oxygen atoms in total. The monoisotopic (exact) mass is 150 g/mol. The number of hydrogen-bond donors (Lipinski definition) is 0. The third-order valence-corrected chi connectivity index (χ3v) is 0.660. The molecule has 0 radical (unpaired) electrons. The van der Waals surface area contributed by atoms with Crippen LogP contribution in [0.4, 0.5) is 0 Å². The zero-order valence-electron chi connectivity index (χ0n) is 5.14. The largest absolute Gasteiger partial charge is 0.514 e. The second-order valence-electron chi connectivity index (χ2n) is 1.10. The molecule has 0 amide bonds. The van der Waals surface area contributed by atoms with Crippen LogP contribution in [0.1, 0.15) is 13.3 Å². The molecule has 0 fully saturated rings. The maximum Gasteiger partial charge on any atom is 0.0856 e. The van der Waals surface area contributed by atoms with Gasteiger partial charge in [-0.15, -0.1) is 0 Å². The van der Waals surface area contributed by atoms with E-state index < -0.39 is 0 Å². The molecule has 0 N–H and O–H groups in total. The molecule has 8 heavy (non-hydrogen) atoms. The van der Waals surface area contributed by atoms with Gasteiger partial charge in [-0.3, -0.25) is 0 Å². The van der Waals surface area contributed by atoms with Crippen molar-refractivity contribution in [2.45, 2.75) is 13.3 Å². The van der Waals surface area contributed by atoms with E-state index in [-0.39, 0.29) is 11.8 Å². The summed E-state index contributed by atoms with van der Waals surface area (Å²) in [5.74, 6) is 0. The molecule has 0 heterocycles. The SMILES string of the molecule is CCCOC(=S)[S-].[CH3+]. The van der Waals surface area contributed by atoms with E-state index in [1.165, 1.54) is 0 Å². The first-order valence-corrected chi connectivity index (χ1v) is 2.92. The maximum atomic E-state index is 4.74. The van der Waals surface area contributed by atoms with Crippen molar-refractivity contribution in [1.29, 1.82) is 0 Å². The standard InChI is InChI=1S/C4H8OS2.CH3/c1-2-3-5-4(6)7;/h2-3H2,1H3,(H,6,7);1H3/q;+1/p-1. The Morgan fingerprint density at radius 3 is 2.38 bits per heavy atom. The molecule has 0 unspecified atom stereocenters. The fraction of sp³-hybridized carbons (Fsp3) is 0.600. The van der Waals surface area contributed by atoms with Crippen molar-refractivity contribution in [3.8, 4) is 0 Å². The molecule has 0 aliphatic carbocycles. The summed E-state index contributed by atoms with van der Waals surface area (Å²) in [6, 6.07) is 0. The highest BCUT2D eigenvalue weighted by Gasteiger charge is 1.73. The van der Waals surface area contributed by atoms with Gasteiger partial charge in [0.2, 0.25) is 0 Å². The molecule has 48 valence electrons. The molecule has 0 aromatic rings. The van der Waals surface area contributed by atoms with Gasteiger partial charge in [0.25, 0.3) is 0 Å². The third-order valence-electron chi connectivity index (χ3n) is 0.424. The molecule has 3 heteroatoms. The van der Waals surface area contributed by atoms with Crippen LogP contribution in [0.3, 0.4) is 0 Å². The Balaban J connectivity index is 0. The second-order valence-corrected chi connectivity index (χ2v) is 2.10. The summed E-state index contributed by atoms with van der Waals surface area (Å²) >= 11 is 8.91.